The Morgan fingerprint density at radius 1 is 1.37 bits per heavy atom. The smallest absolute Gasteiger partial charge is 0.125 e. The van der Waals surface area contributed by atoms with Crippen molar-refractivity contribution in [3.05, 3.63) is 29.3 Å². The third-order valence-electron chi connectivity index (χ3n) is 4.38. The van der Waals surface area contributed by atoms with Gasteiger partial charge in [0.2, 0.25) is 0 Å². The molecule has 0 radical (unpaired) electrons. The van der Waals surface area contributed by atoms with Crippen molar-refractivity contribution in [1.29, 1.82) is 0 Å². The molecule has 19 heavy (non-hydrogen) atoms. The van der Waals surface area contributed by atoms with Gasteiger partial charge in [-0.05, 0) is 25.5 Å². The number of aliphatic hydroxyl groups excluding tert-OH is 1. The van der Waals surface area contributed by atoms with Crippen LogP contribution < -0.4 is 4.74 Å². The fourth-order valence-electron chi connectivity index (χ4n) is 3.29. The largest absolute Gasteiger partial charge is 0.487 e. The Morgan fingerprint density at radius 2 is 2.21 bits per heavy atom. The number of hydrogen-bond acceptors (Lipinski definition) is 3. The van der Waals surface area contributed by atoms with E-state index in [-0.39, 0.29) is 11.7 Å². The van der Waals surface area contributed by atoms with Crippen LogP contribution in [0, 0.1) is 6.92 Å². The molecule has 3 heteroatoms. The van der Waals surface area contributed by atoms with E-state index in [4.69, 9.17) is 9.47 Å². The summed E-state index contributed by atoms with van der Waals surface area (Å²) >= 11 is 0. The summed E-state index contributed by atoms with van der Waals surface area (Å²) in [6, 6.07) is 6.07. The van der Waals surface area contributed by atoms with Crippen LogP contribution in [-0.4, -0.2) is 23.4 Å². The topological polar surface area (TPSA) is 38.7 Å². The van der Waals surface area contributed by atoms with Gasteiger partial charge < -0.3 is 14.6 Å². The molecule has 104 valence electrons. The van der Waals surface area contributed by atoms with E-state index < -0.39 is 6.10 Å². The average Bonchev–Trinajstić information content (AvgIpc) is 2.40. The number of ether oxygens (including phenoxy) is 2. The number of aliphatic hydroxyl groups is 1. The van der Waals surface area contributed by atoms with Crippen LogP contribution in [0.1, 0.15) is 49.8 Å². The highest BCUT2D eigenvalue weighted by Gasteiger charge is 2.44. The van der Waals surface area contributed by atoms with Crippen LogP contribution in [-0.2, 0) is 4.74 Å². The fourth-order valence-corrected chi connectivity index (χ4v) is 3.29. The molecule has 1 aromatic carbocycles. The SMILES string of the molecule is CCC1CC2(CCO1)CC(O)c1cc(C)ccc1O2. The van der Waals surface area contributed by atoms with Crippen molar-refractivity contribution in [3.63, 3.8) is 0 Å². The van der Waals surface area contributed by atoms with Crippen molar-refractivity contribution < 1.29 is 14.6 Å². The van der Waals surface area contributed by atoms with Crippen LogP contribution in [0.2, 0.25) is 0 Å². The Balaban J connectivity index is 1.89. The first-order valence-corrected chi connectivity index (χ1v) is 7.21. The highest BCUT2D eigenvalue weighted by molar-refractivity contribution is 5.41. The summed E-state index contributed by atoms with van der Waals surface area (Å²) in [5.41, 5.74) is 1.86. The molecule has 3 unspecified atom stereocenters. The third-order valence-corrected chi connectivity index (χ3v) is 4.38. The predicted octanol–water partition coefficient (Wildman–Crippen LogP) is 3.14. The summed E-state index contributed by atoms with van der Waals surface area (Å²) in [5.74, 6) is 0.848. The fraction of sp³-hybridized carbons (Fsp3) is 0.625. The molecule has 3 rings (SSSR count). The monoisotopic (exact) mass is 262 g/mol. The normalized spacial score (nSPS) is 33.8. The molecule has 0 saturated carbocycles. The second-order valence-electron chi connectivity index (χ2n) is 5.90. The lowest BCUT2D eigenvalue weighted by molar-refractivity contribution is -0.116. The van der Waals surface area contributed by atoms with E-state index >= 15 is 0 Å². The summed E-state index contributed by atoms with van der Waals surface area (Å²) in [6.45, 7) is 4.91. The van der Waals surface area contributed by atoms with Crippen molar-refractivity contribution in [3.8, 4) is 5.75 Å². The number of fused-ring (bicyclic) bond motifs is 1. The molecule has 0 aromatic heterocycles. The summed E-state index contributed by atoms with van der Waals surface area (Å²) in [5, 5.41) is 10.4. The van der Waals surface area contributed by atoms with E-state index in [0.717, 1.165) is 42.7 Å². The lowest BCUT2D eigenvalue weighted by Gasteiger charge is -2.45. The molecular formula is C16H22O3. The minimum Gasteiger partial charge on any atom is -0.487 e. The maximum absolute atomic E-state index is 10.4. The predicted molar refractivity (Wildman–Crippen MR) is 73.4 cm³/mol. The molecule has 1 spiro atoms. The number of rotatable bonds is 1. The quantitative estimate of drug-likeness (QED) is 0.845. The first kappa shape index (κ1) is 12.9. The van der Waals surface area contributed by atoms with Gasteiger partial charge in [-0.1, -0.05) is 18.6 Å². The van der Waals surface area contributed by atoms with Crippen LogP contribution in [0.4, 0.5) is 0 Å². The Hall–Kier alpha value is -1.06. The first-order chi connectivity index (χ1) is 9.12. The van der Waals surface area contributed by atoms with E-state index in [1.54, 1.807) is 0 Å². The maximum Gasteiger partial charge on any atom is 0.125 e. The molecule has 2 aliphatic heterocycles. The van der Waals surface area contributed by atoms with Gasteiger partial charge in [-0.15, -0.1) is 0 Å². The average molecular weight is 262 g/mol. The van der Waals surface area contributed by atoms with Crippen LogP contribution >= 0.6 is 0 Å². The van der Waals surface area contributed by atoms with Gasteiger partial charge in [-0.2, -0.15) is 0 Å². The van der Waals surface area contributed by atoms with Crippen LogP contribution in [0.15, 0.2) is 18.2 Å². The van der Waals surface area contributed by atoms with Crippen molar-refractivity contribution in [2.24, 2.45) is 0 Å². The molecule has 1 saturated heterocycles. The Labute approximate surface area is 114 Å². The Bertz CT molecular complexity index is 471. The van der Waals surface area contributed by atoms with Crippen LogP contribution in [0.25, 0.3) is 0 Å². The molecule has 2 heterocycles. The number of aryl methyl sites for hydroxylation is 1. The number of hydrogen-bond donors (Lipinski definition) is 1. The molecule has 0 bridgehead atoms. The molecule has 3 atom stereocenters. The second-order valence-corrected chi connectivity index (χ2v) is 5.90. The van der Waals surface area contributed by atoms with Gasteiger partial charge in [0, 0.05) is 24.8 Å². The molecule has 1 N–H and O–H groups in total. The van der Waals surface area contributed by atoms with Gasteiger partial charge in [0.05, 0.1) is 18.8 Å². The first-order valence-electron chi connectivity index (χ1n) is 7.21. The summed E-state index contributed by atoms with van der Waals surface area (Å²) in [4.78, 5) is 0. The zero-order valence-electron chi connectivity index (χ0n) is 11.7. The molecule has 1 aromatic rings. The van der Waals surface area contributed by atoms with E-state index in [2.05, 4.69) is 6.92 Å². The highest BCUT2D eigenvalue weighted by atomic mass is 16.5. The lowest BCUT2D eigenvalue weighted by atomic mass is 9.80. The molecule has 3 nitrogen and oxygen atoms in total. The Morgan fingerprint density at radius 3 is 3.00 bits per heavy atom. The molecule has 0 amide bonds. The van der Waals surface area contributed by atoms with Gasteiger partial charge >= 0.3 is 0 Å². The van der Waals surface area contributed by atoms with Gasteiger partial charge in [0.25, 0.3) is 0 Å². The van der Waals surface area contributed by atoms with Crippen LogP contribution in [0.5, 0.6) is 5.75 Å². The maximum atomic E-state index is 10.4. The van der Waals surface area contributed by atoms with E-state index in [1.807, 2.05) is 25.1 Å². The number of benzene rings is 1. The van der Waals surface area contributed by atoms with E-state index in [0.29, 0.717) is 6.42 Å². The minimum atomic E-state index is -0.417. The van der Waals surface area contributed by atoms with Crippen molar-refractivity contribution in [2.45, 2.75) is 57.3 Å². The molecule has 1 fully saturated rings. The van der Waals surface area contributed by atoms with Crippen molar-refractivity contribution >= 4 is 0 Å². The van der Waals surface area contributed by atoms with Crippen molar-refractivity contribution in [1.82, 2.24) is 0 Å². The van der Waals surface area contributed by atoms with Gasteiger partial charge in [-0.3, -0.25) is 0 Å². The molecular weight excluding hydrogens is 240 g/mol. The van der Waals surface area contributed by atoms with E-state index in [9.17, 15) is 5.11 Å². The van der Waals surface area contributed by atoms with Gasteiger partial charge in [-0.25, -0.2) is 0 Å². The molecule has 2 aliphatic rings. The zero-order valence-corrected chi connectivity index (χ0v) is 11.7. The summed E-state index contributed by atoms with van der Waals surface area (Å²) < 4.78 is 12.0. The summed E-state index contributed by atoms with van der Waals surface area (Å²) in [6.07, 6.45) is 3.28. The standard InChI is InChI=1S/C16H22O3/c1-3-12-9-16(6-7-18-12)10-14(17)13-8-11(2)4-5-15(13)19-16/h4-5,8,12,14,17H,3,6-7,9-10H2,1-2H3. The third kappa shape index (κ3) is 2.37. The minimum absolute atomic E-state index is 0.236. The van der Waals surface area contributed by atoms with E-state index in [1.165, 1.54) is 0 Å². The van der Waals surface area contributed by atoms with Gasteiger partial charge in [0.15, 0.2) is 0 Å². The zero-order chi connectivity index (χ0) is 13.5. The lowest BCUT2D eigenvalue weighted by Crippen LogP contribution is -2.48. The van der Waals surface area contributed by atoms with Crippen LogP contribution in [0.3, 0.4) is 0 Å². The second kappa shape index (κ2) is 4.80. The van der Waals surface area contributed by atoms with Gasteiger partial charge in [0.1, 0.15) is 11.4 Å². The molecule has 0 aliphatic carbocycles. The summed E-state index contributed by atoms with van der Waals surface area (Å²) in [7, 11) is 0. The highest BCUT2D eigenvalue weighted by Crippen LogP contribution is 2.45. The Kier molecular flexibility index (Phi) is 3.27. The van der Waals surface area contributed by atoms with Crippen molar-refractivity contribution in [2.75, 3.05) is 6.61 Å².